The summed E-state index contributed by atoms with van der Waals surface area (Å²) in [6.45, 7) is 6.07. The molecule has 1 N–H and O–H groups in total. The fourth-order valence-electron chi connectivity index (χ4n) is 2.53. The first-order valence-electron chi connectivity index (χ1n) is 6.26. The van der Waals surface area contributed by atoms with Gasteiger partial charge in [0.05, 0.1) is 5.60 Å². The molecule has 1 aliphatic rings. The van der Waals surface area contributed by atoms with Crippen molar-refractivity contribution in [2.45, 2.75) is 64.9 Å². The molecule has 0 amide bonds. The Morgan fingerprint density at radius 1 is 1.47 bits per heavy atom. The first-order chi connectivity index (χ1) is 7.00. The molecule has 88 valence electrons. The second kappa shape index (κ2) is 5.11. The van der Waals surface area contributed by atoms with Crippen LogP contribution in [-0.4, -0.2) is 16.5 Å². The number of rotatable bonds is 6. The van der Waals surface area contributed by atoms with Crippen molar-refractivity contribution in [3.05, 3.63) is 0 Å². The largest absolute Gasteiger partial charge is 0.390 e. The van der Waals surface area contributed by atoms with Gasteiger partial charge in [-0.05, 0) is 32.6 Å². The zero-order valence-electron chi connectivity index (χ0n) is 10.3. The third kappa shape index (κ3) is 3.30. The molecule has 1 atom stereocenters. The highest BCUT2D eigenvalue weighted by molar-refractivity contribution is 5.84. The monoisotopic (exact) mass is 212 g/mol. The van der Waals surface area contributed by atoms with Crippen molar-refractivity contribution in [1.82, 2.24) is 0 Å². The summed E-state index contributed by atoms with van der Waals surface area (Å²) in [7, 11) is 0. The number of hydrogen-bond acceptors (Lipinski definition) is 2. The first kappa shape index (κ1) is 12.7. The Kier molecular flexibility index (Phi) is 4.32. The predicted octanol–water partition coefficient (Wildman–Crippen LogP) is 2.93. The molecule has 0 saturated heterocycles. The van der Waals surface area contributed by atoms with E-state index in [0.29, 0.717) is 18.6 Å². The Morgan fingerprint density at radius 3 is 2.47 bits per heavy atom. The summed E-state index contributed by atoms with van der Waals surface area (Å²) in [5, 5.41) is 9.61. The molecule has 0 spiro atoms. The number of unbranched alkanes of at least 4 members (excludes halogenated alkanes) is 1. The standard InChI is InChI=1S/C13H24O2/c1-4-6-7-10(5-2)12(14)11-8-13(3,15)9-11/h10-11,15H,4-9H2,1-3H3/t10?,11-,13+. The lowest BCUT2D eigenvalue weighted by molar-refractivity contribution is -0.141. The predicted molar refractivity (Wildman–Crippen MR) is 61.7 cm³/mol. The highest BCUT2D eigenvalue weighted by Gasteiger charge is 2.43. The van der Waals surface area contributed by atoms with Crippen LogP contribution < -0.4 is 0 Å². The van der Waals surface area contributed by atoms with Gasteiger partial charge in [-0.3, -0.25) is 4.79 Å². The molecule has 1 unspecified atom stereocenters. The molecule has 1 fully saturated rings. The van der Waals surface area contributed by atoms with Gasteiger partial charge in [0.15, 0.2) is 0 Å². The molecule has 0 bridgehead atoms. The number of Topliss-reactive ketones (excluding diaryl/α,β-unsaturated/α-hetero) is 1. The molecular formula is C13H24O2. The van der Waals surface area contributed by atoms with E-state index in [0.717, 1.165) is 25.7 Å². The molecule has 0 aromatic carbocycles. The lowest BCUT2D eigenvalue weighted by Gasteiger charge is -2.41. The van der Waals surface area contributed by atoms with E-state index in [-0.39, 0.29) is 11.8 Å². The van der Waals surface area contributed by atoms with Gasteiger partial charge in [0.2, 0.25) is 0 Å². The van der Waals surface area contributed by atoms with Crippen LogP contribution in [0.15, 0.2) is 0 Å². The maximum absolute atomic E-state index is 12.0. The zero-order chi connectivity index (χ0) is 11.5. The Bertz CT molecular complexity index is 213. The van der Waals surface area contributed by atoms with Gasteiger partial charge >= 0.3 is 0 Å². The summed E-state index contributed by atoms with van der Waals surface area (Å²) in [5.41, 5.74) is -0.566. The normalized spacial score (nSPS) is 32.1. The molecule has 2 heteroatoms. The van der Waals surface area contributed by atoms with Crippen molar-refractivity contribution in [2.75, 3.05) is 0 Å². The van der Waals surface area contributed by atoms with Crippen LogP contribution in [0.2, 0.25) is 0 Å². The maximum atomic E-state index is 12.0. The van der Waals surface area contributed by atoms with Gasteiger partial charge in [0.25, 0.3) is 0 Å². The maximum Gasteiger partial charge on any atom is 0.139 e. The van der Waals surface area contributed by atoms with E-state index in [1.165, 1.54) is 0 Å². The Balaban J connectivity index is 2.38. The van der Waals surface area contributed by atoms with Crippen molar-refractivity contribution in [1.29, 1.82) is 0 Å². The van der Waals surface area contributed by atoms with Gasteiger partial charge in [-0.25, -0.2) is 0 Å². The summed E-state index contributed by atoms with van der Waals surface area (Å²) >= 11 is 0. The van der Waals surface area contributed by atoms with Gasteiger partial charge in [-0.2, -0.15) is 0 Å². The van der Waals surface area contributed by atoms with Crippen LogP contribution in [0.5, 0.6) is 0 Å². The minimum Gasteiger partial charge on any atom is -0.390 e. The Morgan fingerprint density at radius 2 is 2.07 bits per heavy atom. The van der Waals surface area contributed by atoms with E-state index in [2.05, 4.69) is 13.8 Å². The van der Waals surface area contributed by atoms with Crippen molar-refractivity contribution in [2.24, 2.45) is 11.8 Å². The van der Waals surface area contributed by atoms with Crippen LogP contribution in [0.1, 0.15) is 59.3 Å². The molecule has 0 radical (unpaired) electrons. The van der Waals surface area contributed by atoms with Crippen LogP contribution in [0, 0.1) is 11.8 Å². The molecule has 0 aromatic rings. The van der Waals surface area contributed by atoms with Crippen LogP contribution in [0.3, 0.4) is 0 Å². The zero-order valence-corrected chi connectivity index (χ0v) is 10.3. The summed E-state index contributed by atoms with van der Waals surface area (Å²) in [5.74, 6) is 0.783. The molecule has 1 aliphatic carbocycles. The molecule has 1 saturated carbocycles. The van der Waals surface area contributed by atoms with Crippen molar-refractivity contribution in [3.63, 3.8) is 0 Å². The summed E-state index contributed by atoms with van der Waals surface area (Å²) in [6, 6.07) is 0. The number of carbonyl (C=O) groups is 1. The minimum atomic E-state index is -0.566. The quantitative estimate of drug-likeness (QED) is 0.735. The number of carbonyl (C=O) groups excluding carboxylic acids is 1. The SMILES string of the molecule is CCCCC(CC)C(=O)[C@H]1C[C@@](C)(O)C1. The summed E-state index contributed by atoms with van der Waals surface area (Å²) in [6.07, 6.45) is 5.64. The van der Waals surface area contributed by atoms with E-state index in [4.69, 9.17) is 0 Å². The molecule has 2 nitrogen and oxygen atoms in total. The van der Waals surface area contributed by atoms with Crippen LogP contribution in [0.4, 0.5) is 0 Å². The van der Waals surface area contributed by atoms with Crippen molar-refractivity contribution >= 4 is 5.78 Å². The highest BCUT2D eigenvalue weighted by atomic mass is 16.3. The summed E-state index contributed by atoms with van der Waals surface area (Å²) < 4.78 is 0. The third-order valence-electron chi connectivity index (χ3n) is 3.58. The fraction of sp³-hybridized carbons (Fsp3) is 0.923. The fourth-order valence-corrected chi connectivity index (χ4v) is 2.53. The smallest absolute Gasteiger partial charge is 0.139 e. The third-order valence-corrected chi connectivity index (χ3v) is 3.58. The molecule has 0 heterocycles. The second-order valence-corrected chi connectivity index (χ2v) is 5.25. The lowest BCUT2D eigenvalue weighted by atomic mass is 9.67. The van der Waals surface area contributed by atoms with Gasteiger partial charge in [-0.15, -0.1) is 0 Å². The number of aliphatic hydroxyl groups is 1. The van der Waals surface area contributed by atoms with Crippen LogP contribution in [-0.2, 0) is 4.79 Å². The lowest BCUT2D eigenvalue weighted by Crippen LogP contribution is -2.46. The molecular weight excluding hydrogens is 188 g/mol. The topological polar surface area (TPSA) is 37.3 Å². The van der Waals surface area contributed by atoms with Gasteiger partial charge in [0.1, 0.15) is 5.78 Å². The second-order valence-electron chi connectivity index (χ2n) is 5.25. The number of hydrogen-bond donors (Lipinski definition) is 1. The molecule has 0 aromatic heterocycles. The van der Waals surface area contributed by atoms with E-state index in [1.54, 1.807) is 0 Å². The highest BCUT2D eigenvalue weighted by Crippen LogP contribution is 2.40. The average molecular weight is 212 g/mol. The van der Waals surface area contributed by atoms with Gasteiger partial charge in [-0.1, -0.05) is 26.7 Å². The van der Waals surface area contributed by atoms with Crippen LogP contribution >= 0.6 is 0 Å². The van der Waals surface area contributed by atoms with Crippen molar-refractivity contribution < 1.29 is 9.90 Å². The van der Waals surface area contributed by atoms with E-state index in [1.807, 2.05) is 6.92 Å². The Labute approximate surface area is 93.1 Å². The average Bonchev–Trinajstić information content (AvgIpc) is 2.15. The van der Waals surface area contributed by atoms with E-state index < -0.39 is 5.60 Å². The summed E-state index contributed by atoms with van der Waals surface area (Å²) in [4.78, 5) is 12.0. The van der Waals surface area contributed by atoms with E-state index in [9.17, 15) is 9.90 Å². The Hall–Kier alpha value is -0.370. The van der Waals surface area contributed by atoms with E-state index >= 15 is 0 Å². The van der Waals surface area contributed by atoms with Gasteiger partial charge in [0, 0.05) is 11.8 Å². The molecule has 15 heavy (non-hydrogen) atoms. The van der Waals surface area contributed by atoms with Crippen LogP contribution in [0.25, 0.3) is 0 Å². The van der Waals surface area contributed by atoms with Crippen molar-refractivity contribution in [3.8, 4) is 0 Å². The minimum absolute atomic E-state index is 0.141. The molecule has 0 aliphatic heterocycles. The molecule has 1 rings (SSSR count). The first-order valence-corrected chi connectivity index (χ1v) is 6.26. The van der Waals surface area contributed by atoms with Gasteiger partial charge < -0.3 is 5.11 Å². The number of ketones is 1.